The highest BCUT2D eigenvalue weighted by molar-refractivity contribution is 7.13. The molecule has 3 aromatic rings. The molecule has 0 aliphatic carbocycles. The van der Waals surface area contributed by atoms with Gasteiger partial charge in [0.25, 0.3) is 0 Å². The monoisotopic (exact) mass is 306 g/mol. The van der Waals surface area contributed by atoms with Crippen molar-refractivity contribution in [3.05, 3.63) is 56.5 Å². The molecular formula is C14H7ClO4S. The Hall–Kier alpha value is -2.11. The van der Waals surface area contributed by atoms with Crippen molar-refractivity contribution in [3.8, 4) is 10.6 Å². The van der Waals surface area contributed by atoms with Gasteiger partial charge in [0.15, 0.2) is 11.3 Å². The molecule has 100 valence electrons. The minimum atomic E-state index is -1.32. The summed E-state index contributed by atoms with van der Waals surface area (Å²) in [5.41, 5.74) is -0.653. The molecule has 0 bridgehead atoms. The zero-order valence-electron chi connectivity index (χ0n) is 9.92. The molecule has 0 amide bonds. The van der Waals surface area contributed by atoms with Gasteiger partial charge >= 0.3 is 5.97 Å². The minimum Gasteiger partial charge on any atom is -0.477 e. The van der Waals surface area contributed by atoms with E-state index in [4.69, 9.17) is 16.0 Å². The van der Waals surface area contributed by atoms with Crippen molar-refractivity contribution in [2.24, 2.45) is 0 Å². The molecular weight excluding hydrogens is 300 g/mol. The summed E-state index contributed by atoms with van der Waals surface area (Å²) in [5, 5.41) is 11.6. The molecule has 0 radical (unpaired) electrons. The average molecular weight is 307 g/mol. The third kappa shape index (κ3) is 2.01. The highest BCUT2D eigenvalue weighted by Gasteiger charge is 2.22. The predicted molar refractivity (Wildman–Crippen MR) is 77.8 cm³/mol. The van der Waals surface area contributed by atoms with E-state index in [1.165, 1.54) is 17.4 Å². The smallest absolute Gasteiger partial charge is 0.343 e. The van der Waals surface area contributed by atoms with Gasteiger partial charge < -0.3 is 9.52 Å². The van der Waals surface area contributed by atoms with Gasteiger partial charge in [-0.1, -0.05) is 17.7 Å². The van der Waals surface area contributed by atoms with E-state index in [0.29, 0.717) is 15.5 Å². The molecule has 0 spiro atoms. The van der Waals surface area contributed by atoms with Gasteiger partial charge in [0.05, 0.1) is 10.3 Å². The van der Waals surface area contributed by atoms with Crippen molar-refractivity contribution in [2.75, 3.05) is 0 Å². The summed E-state index contributed by atoms with van der Waals surface area (Å²) < 4.78 is 5.61. The van der Waals surface area contributed by atoms with Gasteiger partial charge in [-0.05, 0) is 29.6 Å². The molecule has 1 aromatic carbocycles. The second-order valence-corrected chi connectivity index (χ2v) is 5.44. The molecule has 2 heterocycles. The number of carbonyl (C=O) groups is 1. The highest BCUT2D eigenvalue weighted by atomic mass is 35.5. The van der Waals surface area contributed by atoms with E-state index in [1.807, 2.05) is 0 Å². The van der Waals surface area contributed by atoms with Gasteiger partial charge in [0.1, 0.15) is 5.58 Å². The molecule has 3 rings (SSSR count). The Labute approximate surface area is 121 Å². The molecule has 0 fully saturated rings. The quantitative estimate of drug-likeness (QED) is 0.780. The summed E-state index contributed by atoms with van der Waals surface area (Å²) in [6.45, 7) is 0. The lowest BCUT2D eigenvalue weighted by Gasteiger charge is -2.05. The second-order valence-electron chi connectivity index (χ2n) is 4.06. The van der Waals surface area contributed by atoms with Crippen molar-refractivity contribution in [3.63, 3.8) is 0 Å². The lowest BCUT2D eigenvalue weighted by atomic mass is 10.1. The number of rotatable bonds is 2. The Morgan fingerprint density at radius 2 is 2.10 bits per heavy atom. The van der Waals surface area contributed by atoms with Gasteiger partial charge in [-0.2, -0.15) is 0 Å². The number of halogens is 1. The van der Waals surface area contributed by atoms with Crippen molar-refractivity contribution in [1.82, 2.24) is 0 Å². The molecule has 1 N–H and O–H groups in total. The number of thiophene rings is 1. The summed E-state index contributed by atoms with van der Waals surface area (Å²) in [7, 11) is 0. The summed E-state index contributed by atoms with van der Waals surface area (Å²) in [6.07, 6.45) is 0. The zero-order valence-corrected chi connectivity index (χ0v) is 11.5. The van der Waals surface area contributed by atoms with Crippen molar-refractivity contribution < 1.29 is 14.3 Å². The summed E-state index contributed by atoms with van der Waals surface area (Å²) >= 11 is 7.14. The molecule has 6 heteroatoms. The Morgan fingerprint density at radius 1 is 1.30 bits per heavy atom. The van der Waals surface area contributed by atoms with Gasteiger partial charge in [-0.15, -0.1) is 11.3 Å². The SMILES string of the molecule is O=C(O)c1c(-c2cccs2)oc2ccc(Cl)cc2c1=O. The van der Waals surface area contributed by atoms with E-state index in [1.54, 1.807) is 29.6 Å². The third-order valence-corrected chi connectivity index (χ3v) is 3.91. The van der Waals surface area contributed by atoms with Crippen LogP contribution in [0, 0.1) is 0 Å². The number of aromatic carboxylic acids is 1. The van der Waals surface area contributed by atoms with E-state index >= 15 is 0 Å². The Morgan fingerprint density at radius 3 is 2.75 bits per heavy atom. The molecule has 0 aliphatic rings. The van der Waals surface area contributed by atoms with Crippen molar-refractivity contribution >= 4 is 39.9 Å². The number of carboxylic acid groups (broad SMARTS) is 1. The Bertz CT molecular complexity index is 865. The first-order valence-corrected chi connectivity index (χ1v) is 6.87. The first kappa shape index (κ1) is 12.9. The fraction of sp³-hybridized carbons (Fsp3) is 0. The van der Waals surface area contributed by atoms with Gasteiger partial charge in [-0.25, -0.2) is 4.79 Å². The zero-order chi connectivity index (χ0) is 14.3. The van der Waals surface area contributed by atoms with Crippen LogP contribution in [0.1, 0.15) is 10.4 Å². The van der Waals surface area contributed by atoms with Crippen LogP contribution in [0.5, 0.6) is 0 Å². The topological polar surface area (TPSA) is 67.5 Å². The predicted octanol–water partition coefficient (Wildman–Crippen LogP) is 3.87. The second kappa shape index (κ2) is 4.77. The largest absolute Gasteiger partial charge is 0.477 e. The van der Waals surface area contributed by atoms with Crippen LogP contribution < -0.4 is 5.43 Å². The highest BCUT2D eigenvalue weighted by Crippen LogP contribution is 2.30. The van der Waals surface area contributed by atoms with Gasteiger partial charge in [-0.3, -0.25) is 4.79 Å². The molecule has 0 unspecified atom stereocenters. The van der Waals surface area contributed by atoms with E-state index < -0.39 is 11.4 Å². The van der Waals surface area contributed by atoms with Crippen LogP contribution in [0.15, 0.2) is 44.9 Å². The fourth-order valence-corrected chi connectivity index (χ4v) is 2.83. The molecule has 0 atom stereocenters. The van der Waals surface area contributed by atoms with Crippen molar-refractivity contribution in [1.29, 1.82) is 0 Å². The van der Waals surface area contributed by atoms with Crippen molar-refractivity contribution in [2.45, 2.75) is 0 Å². The van der Waals surface area contributed by atoms with Crippen LogP contribution in [0.4, 0.5) is 0 Å². The Kier molecular flexibility index (Phi) is 3.08. The van der Waals surface area contributed by atoms with Crippen LogP contribution >= 0.6 is 22.9 Å². The normalized spacial score (nSPS) is 10.8. The summed E-state index contributed by atoms with van der Waals surface area (Å²) in [6, 6.07) is 8.02. The van der Waals surface area contributed by atoms with Crippen LogP contribution in [0.3, 0.4) is 0 Å². The van der Waals surface area contributed by atoms with Gasteiger partial charge in [0.2, 0.25) is 5.43 Å². The van der Waals surface area contributed by atoms with Crippen LogP contribution in [-0.4, -0.2) is 11.1 Å². The number of hydrogen-bond acceptors (Lipinski definition) is 4. The molecule has 0 saturated carbocycles. The number of carboxylic acids is 1. The van der Waals surface area contributed by atoms with Gasteiger partial charge in [0, 0.05) is 5.02 Å². The van der Waals surface area contributed by atoms with E-state index in [0.717, 1.165) is 0 Å². The van der Waals surface area contributed by atoms with E-state index in [-0.39, 0.29) is 16.7 Å². The molecule has 20 heavy (non-hydrogen) atoms. The number of fused-ring (bicyclic) bond motifs is 1. The first-order chi connectivity index (χ1) is 9.58. The fourth-order valence-electron chi connectivity index (χ4n) is 1.94. The maximum atomic E-state index is 12.3. The third-order valence-electron chi connectivity index (χ3n) is 2.81. The number of hydrogen-bond donors (Lipinski definition) is 1. The maximum absolute atomic E-state index is 12.3. The van der Waals surface area contributed by atoms with E-state index in [9.17, 15) is 14.7 Å². The molecule has 2 aromatic heterocycles. The maximum Gasteiger partial charge on any atom is 0.343 e. The molecule has 0 aliphatic heterocycles. The van der Waals surface area contributed by atoms with E-state index in [2.05, 4.69) is 0 Å². The lowest BCUT2D eigenvalue weighted by molar-refractivity contribution is 0.0694. The van der Waals surface area contributed by atoms with Crippen LogP contribution in [-0.2, 0) is 0 Å². The average Bonchev–Trinajstić information content (AvgIpc) is 2.92. The Balaban J connectivity index is 2.46. The van der Waals surface area contributed by atoms with Crippen LogP contribution in [0.25, 0.3) is 21.6 Å². The molecule has 4 nitrogen and oxygen atoms in total. The summed E-state index contributed by atoms with van der Waals surface area (Å²) in [5.74, 6) is -1.24. The first-order valence-electron chi connectivity index (χ1n) is 5.61. The number of benzene rings is 1. The summed E-state index contributed by atoms with van der Waals surface area (Å²) in [4.78, 5) is 24.3. The standard InChI is InChI=1S/C14H7ClO4S/c15-7-3-4-9-8(6-7)12(16)11(14(17)18)13(19-9)10-2-1-5-20-10/h1-6H,(H,17,18). The lowest BCUT2D eigenvalue weighted by Crippen LogP contribution is -2.16. The molecule has 0 saturated heterocycles. The minimum absolute atomic E-state index is 0.0762. The van der Waals surface area contributed by atoms with Crippen LogP contribution in [0.2, 0.25) is 5.02 Å².